The summed E-state index contributed by atoms with van der Waals surface area (Å²) in [6.45, 7) is 0. The standard InChI is InChI=1S/C13H10N2O3S/c16-12(17)6-5-11-14-15-13(18-11)10-7-8-3-1-2-4-9(8)19-10/h1-4,7H,5-6H2,(H,16,17). The molecule has 1 N–H and O–H groups in total. The molecule has 0 saturated carbocycles. The van der Waals surface area contributed by atoms with Gasteiger partial charge < -0.3 is 9.52 Å². The minimum Gasteiger partial charge on any atom is -0.481 e. The van der Waals surface area contributed by atoms with Crippen LogP contribution in [0.3, 0.4) is 0 Å². The van der Waals surface area contributed by atoms with Crippen LogP contribution in [0.4, 0.5) is 0 Å². The van der Waals surface area contributed by atoms with E-state index in [4.69, 9.17) is 9.52 Å². The number of thiophene rings is 1. The Balaban J connectivity index is 1.87. The van der Waals surface area contributed by atoms with Crippen LogP contribution in [0, 0.1) is 0 Å². The molecule has 0 aliphatic carbocycles. The van der Waals surface area contributed by atoms with Gasteiger partial charge in [-0.15, -0.1) is 21.5 Å². The minimum atomic E-state index is -0.874. The summed E-state index contributed by atoms with van der Waals surface area (Å²) in [7, 11) is 0. The number of hydrogen-bond acceptors (Lipinski definition) is 5. The van der Waals surface area contributed by atoms with Crippen molar-refractivity contribution in [1.82, 2.24) is 10.2 Å². The highest BCUT2D eigenvalue weighted by Crippen LogP contribution is 2.32. The Morgan fingerprint density at radius 1 is 1.32 bits per heavy atom. The number of benzene rings is 1. The van der Waals surface area contributed by atoms with Crippen molar-refractivity contribution < 1.29 is 14.3 Å². The lowest BCUT2D eigenvalue weighted by Crippen LogP contribution is -1.97. The van der Waals surface area contributed by atoms with Crippen LogP contribution in [0.5, 0.6) is 0 Å². The lowest BCUT2D eigenvalue weighted by atomic mass is 10.2. The van der Waals surface area contributed by atoms with Gasteiger partial charge in [0, 0.05) is 11.1 Å². The van der Waals surface area contributed by atoms with E-state index in [1.165, 1.54) is 0 Å². The zero-order valence-electron chi connectivity index (χ0n) is 9.87. The number of fused-ring (bicyclic) bond motifs is 1. The van der Waals surface area contributed by atoms with E-state index in [1.807, 2.05) is 30.3 Å². The van der Waals surface area contributed by atoms with Crippen molar-refractivity contribution in [1.29, 1.82) is 0 Å². The molecule has 3 rings (SSSR count). The third kappa shape index (κ3) is 2.48. The van der Waals surface area contributed by atoms with E-state index in [2.05, 4.69) is 10.2 Å². The van der Waals surface area contributed by atoms with Gasteiger partial charge in [-0.25, -0.2) is 0 Å². The zero-order chi connectivity index (χ0) is 13.2. The SMILES string of the molecule is O=C(O)CCc1nnc(-c2cc3ccccc3s2)o1. The summed E-state index contributed by atoms with van der Waals surface area (Å²) in [6.07, 6.45) is 0.251. The van der Waals surface area contributed by atoms with Crippen LogP contribution in [0.1, 0.15) is 12.3 Å². The van der Waals surface area contributed by atoms with Gasteiger partial charge in [-0.05, 0) is 17.5 Å². The Bertz CT molecular complexity index is 699. The molecule has 96 valence electrons. The average molecular weight is 274 g/mol. The van der Waals surface area contributed by atoms with Crippen LogP contribution in [0.15, 0.2) is 34.7 Å². The van der Waals surface area contributed by atoms with Gasteiger partial charge in [-0.1, -0.05) is 18.2 Å². The van der Waals surface area contributed by atoms with Crippen molar-refractivity contribution >= 4 is 27.4 Å². The van der Waals surface area contributed by atoms with Gasteiger partial charge in [0.25, 0.3) is 5.89 Å². The summed E-state index contributed by atoms with van der Waals surface area (Å²) >= 11 is 1.58. The van der Waals surface area contributed by atoms with Gasteiger partial charge in [0.2, 0.25) is 5.89 Å². The molecule has 2 heterocycles. The summed E-state index contributed by atoms with van der Waals surface area (Å²) in [5.41, 5.74) is 0. The molecule has 0 atom stereocenters. The van der Waals surface area contributed by atoms with Crippen molar-refractivity contribution in [2.24, 2.45) is 0 Å². The minimum absolute atomic E-state index is 0.00590. The number of carboxylic acid groups (broad SMARTS) is 1. The Morgan fingerprint density at radius 2 is 2.16 bits per heavy atom. The number of hydrogen-bond donors (Lipinski definition) is 1. The summed E-state index contributed by atoms with van der Waals surface area (Å²) < 4.78 is 6.63. The van der Waals surface area contributed by atoms with Crippen molar-refractivity contribution in [3.05, 3.63) is 36.2 Å². The largest absolute Gasteiger partial charge is 0.481 e. The molecule has 0 aliphatic heterocycles. The Labute approximate surface area is 112 Å². The average Bonchev–Trinajstić information content (AvgIpc) is 3.02. The number of nitrogens with zero attached hydrogens (tertiary/aromatic N) is 2. The third-order valence-electron chi connectivity index (χ3n) is 2.66. The summed E-state index contributed by atoms with van der Waals surface area (Å²) in [4.78, 5) is 11.4. The van der Waals surface area contributed by atoms with Crippen LogP contribution < -0.4 is 0 Å². The number of carboxylic acids is 1. The molecular formula is C13H10N2O3S. The molecule has 2 aromatic heterocycles. The molecular weight excluding hydrogens is 264 g/mol. The van der Waals surface area contributed by atoms with E-state index in [9.17, 15) is 4.79 Å². The van der Waals surface area contributed by atoms with Gasteiger partial charge in [0.05, 0.1) is 11.3 Å². The molecule has 0 saturated heterocycles. The molecule has 0 radical (unpaired) electrons. The van der Waals surface area contributed by atoms with Crippen LogP contribution in [0.2, 0.25) is 0 Å². The summed E-state index contributed by atoms with van der Waals surface area (Å²) in [6, 6.07) is 10.0. The fourth-order valence-electron chi connectivity index (χ4n) is 1.76. The smallest absolute Gasteiger partial charge is 0.303 e. The normalized spacial score (nSPS) is 10.9. The highest BCUT2D eigenvalue weighted by molar-refractivity contribution is 7.22. The number of aryl methyl sites for hydroxylation is 1. The summed E-state index contributed by atoms with van der Waals surface area (Å²) in [5.74, 6) is -0.0712. The maximum absolute atomic E-state index is 10.5. The second-order valence-corrected chi connectivity index (χ2v) is 5.13. The molecule has 0 spiro atoms. The number of carbonyl (C=O) groups is 1. The van der Waals surface area contributed by atoms with Crippen LogP contribution in [-0.4, -0.2) is 21.3 Å². The number of aliphatic carboxylic acids is 1. The molecule has 0 fully saturated rings. The van der Waals surface area contributed by atoms with Gasteiger partial charge in [0.1, 0.15) is 0 Å². The predicted octanol–water partition coefficient (Wildman–Crippen LogP) is 2.97. The molecule has 3 aromatic rings. The first kappa shape index (κ1) is 11.9. The van der Waals surface area contributed by atoms with E-state index in [1.54, 1.807) is 11.3 Å². The van der Waals surface area contributed by atoms with Gasteiger partial charge in [0.15, 0.2) is 0 Å². The Kier molecular flexibility index (Phi) is 3.00. The molecule has 0 unspecified atom stereocenters. The first-order valence-electron chi connectivity index (χ1n) is 5.75. The van der Waals surface area contributed by atoms with Crippen molar-refractivity contribution in [2.75, 3.05) is 0 Å². The highest BCUT2D eigenvalue weighted by Gasteiger charge is 2.12. The molecule has 0 aliphatic rings. The van der Waals surface area contributed by atoms with Gasteiger partial charge >= 0.3 is 5.97 Å². The lowest BCUT2D eigenvalue weighted by molar-refractivity contribution is -0.137. The molecule has 5 nitrogen and oxygen atoms in total. The number of rotatable bonds is 4. The van der Waals surface area contributed by atoms with Crippen LogP contribution in [0.25, 0.3) is 20.9 Å². The molecule has 19 heavy (non-hydrogen) atoms. The Hall–Kier alpha value is -2.21. The second kappa shape index (κ2) is 4.81. The van der Waals surface area contributed by atoms with Crippen molar-refractivity contribution in [3.8, 4) is 10.8 Å². The van der Waals surface area contributed by atoms with E-state index in [-0.39, 0.29) is 12.8 Å². The maximum Gasteiger partial charge on any atom is 0.303 e. The third-order valence-corrected chi connectivity index (χ3v) is 3.76. The fourth-order valence-corrected chi connectivity index (χ4v) is 2.74. The molecule has 6 heteroatoms. The first-order chi connectivity index (χ1) is 9.22. The van der Waals surface area contributed by atoms with Gasteiger partial charge in [-0.3, -0.25) is 4.79 Å². The maximum atomic E-state index is 10.5. The molecule has 1 aromatic carbocycles. The van der Waals surface area contributed by atoms with Crippen LogP contribution >= 0.6 is 11.3 Å². The monoisotopic (exact) mass is 274 g/mol. The second-order valence-electron chi connectivity index (χ2n) is 4.04. The highest BCUT2D eigenvalue weighted by atomic mass is 32.1. The van der Waals surface area contributed by atoms with E-state index >= 15 is 0 Å². The fraction of sp³-hybridized carbons (Fsp3) is 0.154. The molecule has 0 amide bonds. The molecule has 0 bridgehead atoms. The predicted molar refractivity (Wildman–Crippen MR) is 71.1 cm³/mol. The van der Waals surface area contributed by atoms with E-state index in [0.717, 1.165) is 15.0 Å². The van der Waals surface area contributed by atoms with Crippen molar-refractivity contribution in [3.63, 3.8) is 0 Å². The van der Waals surface area contributed by atoms with Crippen molar-refractivity contribution in [2.45, 2.75) is 12.8 Å². The Morgan fingerprint density at radius 3 is 2.95 bits per heavy atom. The quantitative estimate of drug-likeness (QED) is 0.791. The number of aromatic nitrogens is 2. The summed E-state index contributed by atoms with van der Waals surface area (Å²) in [5, 5.41) is 17.6. The van der Waals surface area contributed by atoms with E-state index in [0.29, 0.717) is 11.8 Å². The van der Waals surface area contributed by atoms with Gasteiger partial charge in [-0.2, -0.15) is 0 Å². The van der Waals surface area contributed by atoms with E-state index < -0.39 is 5.97 Å². The van der Waals surface area contributed by atoms with Crippen LogP contribution in [-0.2, 0) is 11.2 Å². The lowest BCUT2D eigenvalue weighted by Gasteiger charge is -1.89. The first-order valence-corrected chi connectivity index (χ1v) is 6.57. The zero-order valence-corrected chi connectivity index (χ0v) is 10.7. The topological polar surface area (TPSA) is 76.2 Å².